The van der Waals surface area contributed by atoms with Gasteiger partial charge in [0.15, 0.2) is 6.29 Å². The molecule has 0 saturated carbocycles. The van der Waals surface area contributed by atoms with E-state index >= 15 is 0 Å². The minimum Gasteiger partial charge on any atom is -0.346 e. The highest BCUT2D eigenvalue weighted by Crippen LogP contribution is 2.12. The third kappa shape index (κ3) is 2.75. The average molecular weight is 170 g/mol. The summed E-state index contributed by atoms with van der Waals surface area (Å²) in [7, 11) is 0. The topological polar surface area (TPSA) is 35.5 Å². The van der Waals surface area contributed by atoms with Crippen LogP contribution in [0, 0.1) is 0 Å². The maximum Gasteiger partial charge on any atom is 0.178 e. The number of rotatable bonds is 3. The summed E-state index contributed by atoms with van der Waals surface area (Å²) in [6, 6.07) is 0. The van der Waals surface area contributed by atoms with Crippen molar-refractivity contribution in [2.24, 2.45) is 0 Å². The van der Waals surface area contributed by atoms with Crippen molar-refractivity contribution >= 4 is 6.29 Å². The predicted octanol–water partition coefficient (Wildman–Crippen LogP) is 1.28. The Labute approximate surface area is 72.4 Å². The standard InChI is InChI=1S/C9H14O3/c1-7(2)11-9-5-3-4-8(6-10)12-9/h3,5-9H,4H2,1-2H3/t8-,9?/m1/s1. The molecule has 1 rings (SSSR count). The molecule has 1 aliphatic heterocycles. The van der Waals surface area contributed by atoms with Crippen molar-refractivity contribution < 1.29 is 14.3 Å². The first-order valence-corrected chi connectivity index (χ1v) is 4.15. The lowest BCUT2D eigenvalue weighted by Gasteiger charge is -2.23. The Bertz CT molecular complexity index is 175. The number of aldehydes is 1. The highest BCUT2D eigenvalue weighted by molar-refractivity contribution is 5.56. The molecular weight excluding hydrogens is 156 g/mol. The molecular formula is C9H14O3. The smallest absolute Gasteiger partial charge is 0.178 e. The van der Waals surface area contributed by atoms with E-state index in [4.69, 9.17) is 9.47 Å². The van der Waals surface area contributed by atoms with Gasteiger partial charge in [-0.05, 0) is 26.3 Å². The lowest BCUT2D eigenvalue weighted by atomic mass is 10.2. The van der Waals surface area contributed by atoms with Gasteiger partial charge in [-0.15, -0.1) is 0 Å². The Hall–Kier alpha value is -0.670. The zero-order chi connectivity index (χ0) is 8.97. The molecule has 0 N–H and O–H groups in total. The zero-order valence-electron chi connectivity index (χ0n) is 7.40. The summed E-state index contributed by atoms with van der Waals surface area (Å²) in [6.07, 6.45) is 4.63. The molecule has 0 fully saturated rings. The fourth-order valence-electron chi connectivity index (χ4n) is 1.03. The largest absolute Gasteiger partial charge is 0.346 e. The van der Waals surface area contributed by atoms with Gasteiger partial charge >= 0.3 is 0 Å². The Morgan fingerprint density at radius 3 is 3.00 bits per heavy atom. The monoisotopic (exact) mass is 170 g/mol. The van der Waals surface area contributed by atoms with Crippen LogP contribution in [0.4, 0.5) is 0 Å². The van der Waals surface area contributed by atoms with Crippen LogP contribution in [0.25, 0.3) is 0 Å². The van der Waals surface area contributed by atoms with Crippen LogP contribution in [-0.4, -0.2) is 24.8 Å². The first kappa shape index (κ1) is 9.42. The van der Waals surface area contributed by atoms with E-state index in [-0.39, 0.29) is 18.5 Å². The Kier molecular flexibility index (Phi) is 3.44. The summed E-state index contributed by atoms with van der Waals surface area (Å²) in [4.78, 5) is 10.4. The summed E-state index contributed by atoms with van der Waals surface area (Å²) in [5.41, 5.74) is 0. The molecule has 0 spiro atoms. The second kappa shape index (κ2) is 4.38. The van der Waals surface area contributed by atoms with Gasteiger partial charge in [-0.1, -0.05) is 6.08 Å². The molecule has 2 atom stereocenters. The second-order valence-electron chi connectivity index (χ2n) is 3.03. The highest BCUT2D eigenvalue weighted by Gasteiger charge is 2.18. The molecule has 0 radical (unpaired) electrons. The van der Waals surface area contributed by atoms with E-state index in [0.717, 1.165) is 6.29 Å². The van der Waals surface area contributed by atoms with Gasteiger partial charge in [-0.3, -0.25) is 0 Å². The maximum atomic E-state index is 10.4. The van der Waals surface area contributed by atoms with Gasteiger partial charge in [-0.25, -0.2) is 0 Å². The normalized spacial score (nSPS) is 29.2. The van der Waals surface area contributed by atoms with Crippen molar-refractivity contribution in [1.82, 2.24) is 0 Å². The second-order valence-corrected chi connectivity index (χ2v) is 3.03. The molecule has 0 aliphatic carbocycles. The van der Waals surface area contributed by atoms with Gasteiger partial charge in [0.1, 0.15) is 12.4 Å². The van der Waals surface area contributed by atoms with Crippen LogP contribution in [0.1, 0.15) is 20.3 Å². The summed E-state index contributed by atoms with van der Waals surface area (Å²) in [6.45, 7) is 3.86. The molecule has 3 heteroatoms. The molecule has 0 aromatic heterocycles. The third-order valence-electron chi connectivity index (χ3n) is 1.53. The van der Waals surface area contributed by atoms with Gasteiger partial charge in [0.05, 0.1) is 6.10 Å². The molecule has 0 aromatic rings. The summed E-state index contributed by atoms with van der Waals surface area (Å²) < 4.78 is 10.6. The van der Waals surface area contributed by atoms with Crippen LogP contribution in [0.3, 0.4) is 0 Å². The van der Waals surface area contributed by atoms with Crippen LogP contribution >= 0.6 is 0 Å². The molecule has 68 valence electrons. The van der Waals surface area contributed by atoms with Gasteiger partial charge in [0, 0.05) is 0 Å². The van der Waals surface area contributed by atoms with Crippen molar-refractivity contribution in [2.75, 3.05) is 0 Å². The Morgan fingerprint density at radius 1 is 1.67 bits per heavy atom. The molecule has 12 heavy (non-hydrogen) atoms. The molecule has 3 nitrogen and oxygen atoms in total. The van der Waals surface area contributed by atoms with Crippen LogP contribution in [0.2, 0.25) is 0 Å². The average Bonchev–Trinajstić information content (AvgIpc) is 2.03. The fourth-order valence-corrected chi connectivity index (χ4v) is 1.03. The molecule has 0 saturated heterocycles. The van der Waals surface area contributed by atoms with Crippen LogP contribution in [0.5, 0.6) is 0 Å². The van der Waals surface area contributed by atoms with Crippen LogP contribution in [-0.2, 0) is 14.3 Å². The first-order valence-electron chi connectivity index (χ1n) is 4.15. The Balaban J connectivity index is 2.40. The zero-order valence-corrected chi connectivity index (χ0v) is 7.40. The van der Waals surface area contributed by atoms with Crippen LogP contribution in [0.15, 0.2) is 12.2 Å². The lowest BCUT2D eigenvalue weighted by Crippen LogP contribution is -2.29. The lowest BCUT2D eigenvalue weighted by molar-refractivity contribution is -0.167. The minimum atomic E-state index is -0.353. The van der Waals surface area contributed by atoms with Crippen molar-refractivity contribution in [3.05, 3.63) is 12.2 Å². The molecule has 0 bridgehead atoms. The molecule has 0 aromatic carbocycles. The van der Waals surface area contributed by atoms with E-state index in [0.29, 0.717) is 6.42 Å². The maximum absolute atomic E-state index is 10.4. The molecule has 1 aliphatic rings. The quantitative estimate of drug-likeness (QED) is 0.473. The van der Waals surface area contributed by atoms with Crippen molar-refractivity contribution in [1.29, 1.82) is 0 Å². The number of hydrogen-bond acceptors (Lipinski definition) is 3. The minimum absolute atomic E-state index is 0.116. The molecule has 1 heterocycles. The van der Waals surface area contributed by atoms with Gasteiger partial charge < -0.3 is 14.3 Å². The van der Waals surface area contributed by atoms with Gasteiger partial charge in [0.2, 0.25) is 0 Å². The van der Waals surface area contributed by atoms with Crippen molar-refractivity contribution in [3.8, 4) is 0 Å². The van der Waals surface area contributed by atoms with Crippen LogP contribution < -0.4 is 0 Å². The molecule has 1 unspecified atom stereocenters. The van der Waals surface area contributed by atoms with E-state index < -0.39 is 0 Å². The van der Waals surface area contributed by atoms with E-state index in [9.17, 15) is 4.79 Å². The highest BCUT2D eigenvalue weighted by atomic mass is 16.7. The summed E-state index contributed by atoms with van der Waals surface area (Å²) in [5.74, 6) is 0. The van der Waals surface area contributed by atoms with E-state index in [1.165, 1.54) is 0 Å². The van der Waals surface area contributed by atoms with E-state index in [2.05, 4.69) is 0 Å². The van der Waals surface area contributed by atoms with Gasteiger partial charge in [-0.2, -0.15) is 0 Å². The number of hydrogen-bond donors (Lipinski definition) is 0. The summed E-state index contributed by atoms with van der Waals surface area (Å²) in [5, 5.41) is 0. The SMILES string of the molecule is CC(C)OC1C=CC[C@H](C=O)O1. The van der Waals surface area contributed by atoms with Gasteiger partial charge in [0.25, 0.3) is 0 Å². The number of ether oxygens (including phenoxy) is 2. The molecule has 0 amide bonds. The number of carbonyl (C=O) groups is 1. The number of carbonyl (C=O) groups excluding carboxylic acids is 1. The Morgan fingerprint density at radius 2 is 2.42 bits per heavy atom. The summed E-state index contributed by atoms with van der Waals surface area (Å²) >= 11 is 0. The third-order valence-corrected chi connectivity index (χ3v) is 1.53. The van der Waals surface area contributed by atoms with E-state index in [1.54, 1.807) is 0 Å². The van der Waals surface area contributed by atoms with Crippen molar-refractivity contribution in [3.63, 3.8) is 0 Å². The first-order chi connectivity index (χ1) is 5.72. The fraction of sp³-hybridized carbons (Fsp3) is 0.667. The van der Waals surface area contributed by atoms with Crippen molar-refractivity contribution in [2.45, 2.75) is 38.8 Å². The predicted molar refractivity (Wildman–Crippen MR) is 44.7 cm³/mol. The van der Waals surface area contributed by atoms with E-state index in [1.807, 2.05) is 26.0 Å².